The van der Waals surface area contributed by atoms with E-state index < -0.39 is 12.0 Å². The van der Waals surface area contributed by atoms with Gasteiger partial charge in [-0.05, 0) is 48.9 Å². The lowest BCUT2D eigenvalue weighted by atomic mass is 10.1. The fourth-order valence-electron chi connectivity index (χ4n) is 2.68. The average Bonchev–Trinajstić information content (AvgIpc) is 2.79. The molecule has 2 N–H and O–H groups in total. The molecule has 6 heteroatoms. The Hall–Kier alpha value is -3.93. The molecule has 6 nitrogen and oxygen atoms in total. The van der Waals surface area contributed by atoms with E-state index in [9.17, 15) is 14.4 Å². The second-order valence-corrected chi connectivity index (χ2v) is 6.69. The summed E-state index contributed by atoms with van der Waals surface area (Å²) in [6.07, 6.45) is 0. The number of amides is 2. The van der Waals surface area contributed by atoms with Crippen LogP contribution in [0.1, 0.15) is 33.2 Å². The molecule has 0 heterocycles. The highest BCUT2D eigenvalue weighted by atomic mass is 16.5. The standard InChI is InChI=1S/C24H22N2O4/c1-17(25-22(27)19-8-4-2-5-9-19)24(29)30-16-18-12-14-20(15-13-18)23(28)26-21-10-6-3-7-11-21/h2-15,17H,16H2,1H3,(H,25,27)(H,26,28)/t17-/m0/s1. The molecule has 3 rings (SSSR count). The molecule has 0 bridgehead atoms. The summed E-state index contributed by atoms with van der Waals surface area (Å²) in [6, 6.07) is 23.8. The Bertz CT molecular complexity index is 1000. The number of benzene rings is 3. The Labute approximate surface area is 174 Å². The number of anilines is 1. The first-order chi connectivity index (χ1) is 14.5. The van der Waals surface area contributed by atoms with Gasteiger partial charge in [-0.1, -0.05) is 48.5 Å². The lowest BCUT2D eigenvalue weighted by Gasteiger charge is -2.13. The van der Waals surface area contributed by atoms with Crippen molar-refractivity contribution in [2.75, 3.05) is 5.32 Å². The van der Waals surface area contributed by atoms with Crippen molar-refractivity contribution in [3.05, 3.63) is 102 Å². The summed E-state index contributed by atoms with van der Waals surface area (Å²) < 4.78 is 5.27. The van der Waals surface area contributed by atoms with Crippen molar-refractivity contribution in [2.45, 2.75) is 19.6 Å². The van der Waals surface area contributed by atoms with Crippen molar-refractivity contribution in [3.63, 3.8) is 0 Å². The number of carbonyl (C=O) groups excluding carboxylic acids is 3. The van der Waals surface area contributed by atoms with Crippen molar-refractivity contribution < 1.29 is 19.1 Å². The Morgan fingerprint density at radius 2 is 1.33 bits per heavy atom. The van der Waals surface area contributed by atoms with Gasteiger partial charge in [0.2, 0.25) is 0 Å². The number of ether oxygens (including phenoxy) is 1. The highest BCUT2D eigenvalue weighted by Crippen LogP contribution is 2.11. The van der Waals surface area contributed by atoms with Gasteiger partial charge in [-0.25, -0.2) is 4.79 Å². The highest BCUT2D eigenvalue weighted by molar-refractivity contribution is 6.04. The predicted molar refractivity (Wildman–Crippen MR) is 114 cm³/mol. The van der Waals surface area contributed by atoms with Gasteiger partial charge >= 0.3 is 5.97 Å². The zero-order chi connectivity index (χ0) is 21.3. The van der Waals surface area contributed by atoms with Crippen molar-refractivity contribution in [1.82, 2.24) is 5.32 Å². The number of rotatable bonds is 7. The van der Waals surface area contributed by atoms with Crippen LogP contribution in [-0.4, -0.2) is 23.8 Å². The molecule has 3 aromatic rings. The van der Waals surface area contributed by atoms with Crippen molar-refractivity contribution in [3.8, 4) is 0 Å². The largest absolute Gasteiger partial charge is 0.459 e. The van der Waals surface area contributed by atoms with Gasteiger partial charge in [0.05, 0.1) is 0 Å². The van der Waals surface area contributed by atoms with Gasteiger partial charge in [-0.2, -0.15) is 0 Å². The van der Waals surface area contributed by atoms with E-state index in [4.69, 9.17) is 4.74 Å². The molecular weight excluding hydrogens is 380 g/mol. The topological polar surface area (TPSA) is 84.5 Å². The molecular formula is C24H22N2O4. The van der Waals surface area contributed by atoms with Crippen molar-refractivity contribution in [1.29, 1.82) is 0 Å². The number of nitrogens with one attached hydrogen (secondary N) is 2. The molecule has 0 unspecified atom stereocenters. The fourth-order valence-corrected chi connectivity index (χ4v) is 2.68. The van der Waals surface area contributed by atoms with E-state index in [-0.39, 0.29) is 18.4 Å². The lowest BCUT2D eigenvalue weighted by Crippen LogP contribution is -2.39. The van der Waals surface area contributed by atoms with Gasteiger partial charge < -0.3 is 15.4 Å². The van der Waals surface area contributed by atoms with Crippen molar-refractivity contribution >= 4 is 23.5 Å². The Kier molecular flexibility index (Phi) is 6.95. The van der Waals surface area contributed by atoms with Crippen LogP contribution in [0.25, 0.3) is 0 Å². The van der Waals surface area contributed by atoms with Crippen molar-refractivity contribution in [2.24, 2.45) is 0 Å². The number of esters is 1. The zero-order valence-electron chi connectivity index (χ0n) is 16.5. The monoisotopic (exact) mass is 402 g/mol. The van der Waals surface area contributed by atoms with Gasteiger partial charge in [0.25, 0.3) is 11.8 Å². The van der Waals surface area contributed by atoms with Gasteiger partial charge in [-0.3, -0.25) is 9.59 Å². The maximum atomic E-state index is 12.3. The quantitative estimate of drug-likeness (QED) is 0.589. The third kappa shape index (κ3) is 5.78. The van der Waals surface area contributed by atoms with Crippen LogP contribution in [0.3, 0.4) is 0 Å². The van der Waals surface area contributed by atoms with E-state index in [1.165, 1.54) is 0 Å². The van der Waals surface area contributed by atoms with E-state index in [1.54, 1.807) is 55.5 Å². The number of hydrogen-bond acceptors (Lipinski definition) is 4. The van der Waals surface area contributed by atoms with E-state index >= 15 is 0 Å². The minimum atomic E-state index is -0.784. The summed E-state index contributed by atoms with van der Waals surface area (Å²) in [6.45, 7) is 1.62. The average molecular weight is 402 g/mol. The van der Waals surface area contributed by atoms with Crippen LogP contribution in [0.15, 0.2) is 84.9 Å². The van der Waals surface area contributed by atoms with Crippen LogP contribution < -0.4 is 10.6 Å². The fraction of sp³-hybridized carbons (Fsp3) is 0.125. The third-order valence-corrected chi connectivity index (χ3v) is 4.37. The van der Waals surface area contributed by atoms with Crippen LogP contribution in [0.2, 0.25) is 0 Å². The maximum Gasteiger partial charge on any atom is 0.328 e. The molecule has 2 amide bonds. The Morgan fingerprint density at radius 3 is 1.97 bits per heavy atom. The molecule has 0 fully saturated rings. The van der Waals surface area contributed by atoms with Crippen LogP contribution >= 0.6 is 0 Å². The minimum Gasteiger partial charge on any atom is -0.459 e. The van der Waals surface area contributed by atoms with Crippen LogP contribution in [0, 0.1) is 0 Å². The highest BCUT2D eigenvalue weighted by Gasteiger charge is 2.18. The number of carbonyl (C=O) groups is 3. The van der Waals surface area contributed by atoms with E-state index in [2.05, 4.69) is 10.6 Å². The van der Waals surface area contributed by atoms with Gasteiger partial charge in [0.15, 0.2) is 0 Å². The van der Waals surface area contributed by atoms with E-state index in [1.807, 2.05) is 36.4 Å². The Morgan fingerprint density at radius 1 is 0.767 bits per heavy atom. The van der Waals surface area contributed by atoms with E-state index in [0.29, 0.717) is 16.8 Å². The molecule has 0 aromatic heterocycles. The van der Waals surface area contributed by atoms with Gasteiger partial charge in [0, 0.05) is 16.8 Å². The van der Waals surface area contributed by atoms with Crippen LogP contribution in [-0.2, 0) is 16.1 Å². The molecule has 3 aromatic carbocycles. The van der Waals surface area contributed by atoms with Crippen LogP contribution in [0.4, 0.5) is 5.69 Å². The minimum absolute atomic E-state index is 0.0466. The first kappa shape index (κ1) is 20.8. The smallest absolute Gasteiger partial charge is 0.328 e. The molecule has 1 atom stereocenters. The van der Waals surface area contributed by atoms with Crippen LogP contribution in [0.5, 0.6) is 0 Å². The summed E-state index contributed by atoms with van der Waals surface area (Å²) in [4.78, 5) is 36.5. The predicted octanol–water partition coefficient (Wildman–Crippen LogP) is 3.80. The maximum absolute atomic E-state index is 12.3. The first-order valence-corrected chi connectivity index (χ1v) is 9.51. The molecule has 152 valence electrons. The molecule has 0 saturated heterocycles. The van der Waals surface area contributed by atoms with Gasteiger partial charge in [0.1, 0.15) is 12.6 Å². The number of para-hydroxylation sites is 1. The second-order valence-electron chi connectivity index (χ2n) is 6.69. The molecule has 0 saturated carbocycles. The molecule has 0 aliphatic heterocycles. The van der Waals surface area contributed by atoms with Gasteiger partial charge in [-0.15, -0.1) is 0 Å². The summed E-state index contributed by atoms with van der Waals surface area (Å²) >= 11 is 0. The first-order valence-electron chi connectivity index (χ1n) is 9.51. The molecule has 0 spiro atoms. The third-order valence-electron chi connectivity index (χ3n) is 4.37. The molecule has 0 radical (unpaired) electrons. The summed E-state index contributed by atoms with van der Waals surface area (Å²) in [5, 5.41) is 5.42. The lowest BCUT2D eigenvalue weighted by molar-refractivity contribution is -0.146. The second kappa shape index (κ2) is 10.0. The SMILES string of the molecule is C[C@H](NC(=O)c1ccccc1)C(=O)OCc1ccc(C(=O)Nc2ccccc2)cc1. The van der Waals surface area contributed by atoms with E-state index in [0.717, 1.165) is 5.56 Å². The zero-order valence-corrected chi connectivity index (χ0v) is 16.5. The normalized spacial score (nSPS) is 11.2. The summed E-state index contributed by atoms with van der Waals surface area (Å²) in [7, 11) is 0. The molecule has 30 heavy (non-hydrogen) atoms. The molecule has 0 aliphatic carbocycles. The Balaban J connectivity index is 1.48. The molecule has 0 aliphatic rings. The number of hydrogen-bond donors (Lipinski definition) is 2. The summed E-state index contributed by atoms with van der Waals surface area (Å²) in [5.41, 5.74) is 2.42. The summed E-state index contributed by atoms with van der Waals surface area (Å²) in [5.74, 6) is -1.10.